The van der Waals surface area contributed by atoms with Crippen molar-refractivity contribution in [2.75, 3.05) is 19.8 Å². The van der Waals surface area contributed by atoms with Gasteiger partial charge in [0.2, 0.25) is 0 Å². The Kier molecular flexibility index (Phi) is 11.7. The van der Waals surface area contributed by atoms with E-state index in [1.54, 1.807) is 13.8 Å². The molecule has 0 aliphatic carbocycles. The maximum atomic E-state index is 12.3. The van der Waals surface area contributed by atoms with Gasteiger partial charge in [-0.2, -0.15) is 0 Å². The molecule has 0 aromatic heterocycles. The van der Waals surface area contributed by atoms with Gasteiger partial charge in [-0.05, 0) is 28.9 Å². The average Bonchev–Trinajstić information content (AvgIpc) is 2.74. The fourth-order valence-electron chi connectivity index (χ4n) is 3.79. The van der Waals surface area contributed by atoms with E-state index < -0.39 is 20.2 Å². The van der Waals surface area contributed by atoms with Crippen LogP contribution in [0, 0.1) is 0 Å². The number of carbonyl (C=O) groups is 1. The third kappa shape index (κ3) is 6.72. The molecule has 0 aliphatic rings. The first-order chi connectivity index (χ1) is 14.8. The van der Waals surface area contributed by atoms with E-state index in [0.717, 1.165) is 10.4 Å². The van der Waals surface area contributed by atoms with Crippen LogP contribution >= 0.6 is 0 Å². The van der Waals surface area contributed by atoms with Crippen molar-refractivity contribution in [3.63, 3.8) is 0 Å². The second-order valence-corrected chi connectivity index (χ2v) is 12.5. The molecule has 0 radical (unpaired) electrons. The van der Waals surface area contributed by atoms with E-state index in [4.69, 9.17) is 13.9 Å². The Morgan fingerprint density at radius 2 is 1.34 bits per heavy atom. The van der Waals surface area contributed by atoms with Crippen LogP contribution in [0.4, 0.5) is 0 Å². The van der Waals surface area contributed by atoms with Gasteiger partial charge in [-0.15, -0.1) is 0 Å². The Balaban J connectivity index is 0.00000512. The molecular formula is C25H33NaO5Si. The fourth-order valence-corrected chi connectivity index (χ4v) is 8.36. The molecule has 0 spiro atoms. The third-order valence-electron chi connectivity index (χ3n) is 5.13. The quantitative estimate of drug-likeness (QED) is 0.216. The minimum Gasteiger partial charge on any atom is -0.613 e. The van der Waals surface area contributed by atoms with Crippen LogP contribution in [0.2, 0.25) is 5.04 Å². The molecule has 0 N–H and O–H groups in total. The molecule has 2 aromatic carbocycles. The van der Waals surface area contributed by atoms with Crippen LogP contribution in [0.15, 0.2) is 72.2 Å². The Morgan fingerprint density at radius 3 is 1.75 bits per heavy atom. The Labute approximate surface area is 215 Å². The standard InChI is InChI=1S/C25H34O5Si.Na/c1-6-28-23(26)22(24(27)29-7-2)18-19-30-31(25(3,4)5,20-14-10-8-11-15-20)21-16-12-9-13-17-21;/h8-17,26H,6-7,18-19H2,1-5H3;/q;+1/p-1/b23-22+;. The molecule has 2 aromatic rings. The van der Waals surface area contributed by atoms with E-state index in [1.807, 2.05) is 36.4 Å². The van der Waals surface area contributed by atoms with Gasteiger partial charge in [-0.1, -0.05) is 88.4 Å². The van der Waals surface area contributed by atoms with E-state index in [0.29, 0.717) is 0 Å². The maximum absolute atomic E-state index is 12.3. The first-order valence-electron chi connectivity index (χ1n) is 10.7. The predicted molar refractivity (Wildman–Crippen MR) is 123 cm³/mol. The normalized spacial score (nSPS) is 12.4. The van der Waals surface area contributed by atoms with Crippen LogP contribution in [0.3, 0.4) is 0 Å². The van der Waals surface area contributed by atoms with Gasteiger partial charge in [0.15, 0.2) is 0 Å². The molecule has 0 aliphatic heterocycles. The fraction of sp³-hybridized carbons (Fsp3) is 0.400. The minimum absolute atomic E-state index is 0. The Bertz CT molecular complexity index is 823. The van der Waals surface area contributed by atoms with Crippen LogP contribution in [0.1, 0.15) is 41.0 Å². The molecule has 0 atom stereocenters. The average molecular weight is 465 g/mol. The summed E-state index contributed by atoms with van der Waals surface area (Å²) >= 11 is 0. The second-order valence-electron chi connectivity index (χ2n) is 8.18. The van der Waals surface area contributed by atoms with Gasteiger partial charge in [0.05, 0.1) is 18.1 Å². The van der Waals surface area contributed by atoms with Gasteiger partial charge in [-0.3, -0.25) is 0 Å². The van der Waals surface area contributed by atoms with E-state index in [-0.39, 0.29) is 66.4 Å². The molecule has 0 heterocycles. The summed E-state index contributed by atoms with van der Waals surface area (Å²) in [4.78, 5) is 12.3. The topological polar surface area (TPSA) is 67.8 Å². The van der Waals surface area contributed by atoms with Gasteiger partial charge in [0.25, 0.3) is 8.32 Å². The summed E-state index contributed by atoms with van der Waals surface area (Å²) in [5.41, 5.74) is -0.0124. The number of ether oxygens (including phenoxy) is 2. The molecule has 0 amide bonds. The summed E-state index contributed by atoms with van der Waals surface area (Å²) in [7, 11) is -2.74. The van der Waals surface area contributed by atoms with E-state index >= 15 is 0 Å². The first kappa shape index (κ1) is 28.5. The molecule has 0 saturated heterocycles. The van der Waals surface area contributed by atoms with Crippen molar-refractivity contribution in [2.24, 2.45) is 0 Å². The summed E-state index contributed by atoms with van der Waals surface area (Å²) in [6, 6.07) is 20.5. The SMILES string of the molecule is CCOC(=O)/C(CCO[Si](c1ccccc1)(c1ccccc1)C(C)(C)C)=C(\[O-])OCC.[Na+]. The Hall–Kier alpha value is -1.57. The predicted octanol–water partition coefficient (Wildman–Crippen LogP) is 0.129. The molecule has 168 valence electrons. The number of benzene rings is 2. The molecule has 32 heavy (non-hydrogen) atoms. The van der Waals surface area contributed by atoms with Crippen molar-refractivity contribution in [3.05, 3.63) is 72.2 Å². The zero-order chi connectivity index (χ0) is 22.9. The molecule has 0 saturated carbocycles. The third-order valence-corrected chi connectivity index (χ3v) is 10.2. The molecule has 0 unspecified atom stereocenters. The van der Waals surface area contributed by atoms with E-state index in [9.17, 15) is 9.90 Å². The van der Waals surface area contributed by atoms with Gasteiger partial charge in [0.1, 0.15) is 0 Å². The number of rotatable bonds is 10. The van der Waals surface area contributed by atoms with Crippen molar-refractivity contribution in [1.29, 1.82) is 0 Å². The minimum atomic E-state index is -2.74. The number of hydrogen-bond donors (Lipinski definition) is 0. The number of carbonyl (C=O) groups excluding carboxylic acids is 1. The monoisotopic (exact) mass is 464 g/mol. The number of hydrogen-bond acceptors (Lipinski definition) is 5. The Morgan fingerprint density at radius 1 is 0.875 bits per heavy atom. The van der Waals surface area contributed by atoms with Gasteiger partial charge in [0, 0.05) is 13.0 Å². The summed E-state index contributed by atoms with van der Waals surface area (Å²) in [6.45, 7) is 10.6. The molecule has 0 bridgehead atoms. The molecule has 5 nitrogen and oxygen atoms in total. The molecular weight excluding hydrogens is 431 g/mol. The van der Waals surface area contributed by atoms with Crippen molar-refractivity contribution in [1.82, 2.24) is 0 Å². The van der Waals surface area contributed by atoms with Crippen molar-refractivity contribution in [2.45, 2.75) is 46.1 Å². The van der Waals surface area contributed by atoms with Crippen LogP contribution in [0.5, 0.6) is 0 Å². The zero-order valence-electron chi connectivity index (χ0n) is 20.1. The van der Waals surface area contributed by atoms with Crippen LogP contribution < -0.4 is 45.0 Å². The van der Waals surface area contributed by atoms with E-state index in [2.05, 4.69) is 45.0 Å². The van der Waals surface area contributed by atoms with Gasteiger partial charge < -0.3 is 19.0 Å². The van der Waals surface area contributed by atoms with Gasteiger partial charge >= 0.3 is 35.5 Å². The summed E-state index contributed by atoms with van der Waals surface area (Å²) in [5, 5.41) is 14.4. The molecule has 7 heteroatoms. The largest absolute Gasteiger partial charge is 1.00 e. The molecule has 2 rings (SSSR count). The second kappa shape index (κ2) is 13.2. The summed E-state index contributed by atoms with van der Waals surface area (Å²) in [6.07, 6.45) is 0.127. The van der Waals surface area contributed by atoms with Crippen molar-refractivity contribution in [3.8, 4) is 0 Å². The first-order valence-corrected chi connectivity index (χ1v) is 12.6. The van der Waals surface area contributed by atoms with Crippen LogP contribution in [0.25, 0.3) is 0 Å². The number of esters is 1. The summed E-state index contributed by atoms with van der Waals surface area (Å²) in [5.74, 6) is -1.29. The van der Waals surface area contributed by atoms with Crippen LogP contribution in [-0.4, -0.2) is 34.1 Å². The summed E-state index contributed by atoms with van der Waals surface area (Å²) < 4.78 is 16.9. The van der Waals surface area contributed by atoms with Crippen LogP contribution in [-0.2, 0) is 18.7 Å². The van der Waals surface area contributed by atoms with Gasteiger partial charge in [-0.25, -0.2) is 4.79 Å². The van der Waals surface area contributed by atoms with Crippen molar-refractivity contribution >= 4 is 24.7 Å². The molecule has 0 fully saturated rings. The maximum Gasteiger partial charge on any atom is 1.00 e. The van der Waals surface area contributed by atoms with Crippen molar-refractivity contribution < 1.29 is 53.4 Å². The smallest absolute Gasteiger partial charge is 0.613 e. The zero-order valence-corrected chi connectivity index (χ0v) is 23.1. The van der Waals surface area contributed by atoms with E-state index in [1.165, 1.54) is 0 Å².